The SMILES string of the molecule is COc1c(F)ccc(F)c1C(=O)Nc1nn(-c2ccccc2Cl)cc1C. The summed E-state index contributed by atoms with van der Waals surface area (Å²) in [7, 11) is 1.16. The van der Waals surface area contributed by atoms with Crippen molar-refractivity contribution in [2.45, 2.75) is 6.92 Å². The van der Waals surface area contributed by atoms with Crippen molar-refractivity contribution in [3.05, 3.63) is 70.4 Å². The van der Waals surface area contributed by atoms with Crippen LogP contribution in [0.5, 0.6) is 5.75 Å². The lowest BCUT2D eigenvalue weighted by Crippen LogP contribution is -2.17. The number of hydrogen-bond acceptors (Lipinski definition) is 3. The smallest absolute Gasteiger partial charge is 0.263 e. The van der Waals surface area contributed by atoms with Gasteiger partial charge in [-0.3, -0.25) is 4.79 Å². The lowest BCUT2D eigenvalue weighted by atomic mass is 10.1. The van der Waals surface area contributed by atoms with Crippen LogP contribution in [0.15, 0.2) is 42.6 Å². The summed E-state index contributed by atoms with van der Waals surface area (Å²) in [5.41, 5.74) is 0.709. The number of carbonyl (C=O) groups excluding carboxylic acids is 1. The van der Waals surface area contributed by atoms with Crippen molar-refractivity contribution in [1.82, 2.24) is 9.78 Å². The van der Waals surface area contributed by atoms with Gasteiger partial charge >= 0.3 is 0 Å². The van der Waals surface area contributed by atoms with Gasteiger partial charge in [0.1, 0.15) is 11.4 Å². The molecule has 1 aromatic heterocycles. The molecule has 1 heterocycles. The van der Waals surface area contributed by atoms with Crippen LogP contribution in [0.2, 0.25) is 5.02 Å². The third-order valence-electron chi connectivity index (χ3n) is 3.72. The number of benzene rings is 2. The van der Waals surface area contributed by atoms with Crippen LogP contribution in [0.25, 0.3) is 5.69 Å². The van der Waals surface area contributed by atoms with Crippen molar-refractivity contribution in [2.24, 2.45) is 0 Å². The summed E-state index contributed by atoms with van der Waals surface area (Å²) in [6, 6.07) is 8.80. The predicted octanol–water partition coefficient (Wildman–Crippen LogP) is 4.37. The number of aryl methyl sites for hydroxylation is 1. The Labute approximate surface area is 153 Å². The van der Waals surface area contributed by atoms with Crippen molar-refractivity contribution >= 4 is 23.3 Å². The van der Waals surface area contributed by atoms with E-state index in [1.807, 2.05) is 0 Å². The van der Waals surface area contributed by atoms with Crippen LogP contribution in [-0.2, 0) is 0 Å². The minimum atomic E-state index is -0.899. The van der Waals surface area contributed by atoms with Gasteiger partial charge in [-0.15, -0.1) is 5.10 Å². The average molecular weight is 378 g/mol. The molecule has 26 heavy (non-hydrogen) atoms. The maximum absolute atomic E-state index is 14.0. The van der Waals surface area contributed by atoms with Crippen LogP contribution in [-0.4, -0.2) is 22.8 Å². The first-order chi connectivity index (χ1) is 12.4. The number of amides is 1. The Morgan fingerprint density at radius 1 is 1.19 bits per heavy atom. The van der Waals surface area contributed by atoms with Crippen LogP contribution in [0.1, 0.15) is 15.9 Å². The summed E-state index contributed by atoms with van der Waals surface area (Å²) in [6.07, 6.45) is 1.66. The summed E-state index contributed by atoms with van der Waals surface area (Å²) < 4.78 is 34.1. The summed E-state index contributed by atoms with van der Waals surface area (Å²) in [5.74, 6) is -2.88. The van der Waals surface area contributed by atoms with E-state index in [0.29, 0.717) is 16.3 Å². The Hall–Kier alpha value is -2.93. The molecule has 8 heteroatoms. The van der Waals surface area contributed by atoms with E-state index in [0.717, 1.165) is 19.2 Å². The minimum absolute atomic E-state index is 0.195. The van der Waals surface area contributed by atoms with Crippen molar-refractivity contribution in [1.29, 1.82) is 0 Å². The van der Waals surface area contributed by atoms with Gasteiger partial charge in [0.15, 0.2) is 17.4 Å². The second-order valence-electron chi connectivity index (χ2n) is 5.45. The Morgan fingerprint density at radius 2 is 1.88 bits per heavy atom. The highest BCUT2D eigenvalue weighted by Crippen LogP contribution is 2.27. The normalized spacial score (nSPS) is 10.7. The molecule has 0 aliphatic heterocycles. The molecular formula is C18H14ClF2N3O2. The van der Waals surface area contributed by atoms with E-state index in [1.54, 1.807) is 37.4 Å². The van der Waals surface area contributed by atoms with Gasteiger partial charge in [-0.2, -0.15) is 0 Å². The highest BCUT2D eigenvalue weighted by molar-refractivity contribution is 6.32. The lowest BCUT2D eigenvalue weighted by molar-refractivity contribution is 0.101. The molecule has 3 aromatic rings. The standard InChI is InChI=1S/C18H14ClF2N3O2/c1-10-9-24(14-6-4-3-5-11(14)19)23-17(10)22-18(25)15-12(20)7-8-13(21)16(15)26-2/h3-9H,1-2H3,(H,22,23,25). The third-order valence-corrected chi connectivity index (χ3v) is 4.04. The van der Waals surface area contributed by atoms with E-state index >= 15 is 0 Å². The number of carbonyl (C=O) groups is 1. The lowest BCUT2D eigenvalue weighted by Gasteiger charge is -2.10. The number of hydrogen-bond donors (Lipinski definition) is 1. The molecule has 1 N–H and O–H groups in total. The van der Waals surface area contributed by atoms with Gasteiger partial charge in [0.05, 0.1) is 17.8 Å². The monoisotopic (exact) mass is 377 g/mol. The summed E-state index contributed by atoms with van der Waals surface area (Å²) >= 11 is 6.14. The number of anilines is 1. The Balaban J connectivity index is 1.95. The van der Waals surface area contributed by atoms with Gasteiger partial charge in [-0.25, -0.2) is 13.5 Å². The van der Waals surface area contributed by atoms with Gasteiger partial charge < -0.3 is 10.1 Å². The third kappa shape index (κ3) is 3.25. The molecule has 2 aromatic carbocycles. The number of methoxy groups -OCH3 is 1. The fraction of sp³-hybridized carbons (Fsp3) is 0.111. The Morgan fingerprint density at radius 3 is 2.58 bits per heavy atom. The molecule has 0 saturated heterocycles. The first-order valence-corrected chi connectivity index (χ1v) is 7.94. The van der Waals surface area contributed by atoms with Gasteiger partial charge in [0.25, 0.3) is 5.91 Å². The summed E-state index contributed by atoms with van der Waals surface area (Å²) in [5, 5.41) is 7.21. The zero-order valence-corrected chi connectivity index (χ0v) is 14.6. The number of nitrogens with zero attached hydrogens (tertiary/aromatic N) is 2. The van der Waals surface area contributed by atoms with Crippen molar-refractivity contribution in [2.75, 3.05) is 12.4 Å². The molecule has 0 radical (unpaired) electrons. The topological polar surface area (TPSA) is 56.1 Å². The highest BCUT2D eigenvalue weighted by atomic mass is 35.5. The van der Waals surface area contributed by atoms with E-state index in [2.05, 4.69) is 10.4 Å². The first-order valence-electron chi connectivity index (χ1n) is 7.57. The molecule has 134 valence electrons. The molecule has 0 fully saturated rings. The average Bonchev–Trinajstić information content (AvgIpc) is 2.97. The molecule has 0 aliphatic rings. The van der Waals surface area contributed by atoms with E-state index in [-0.39, 0.29) is 5.82 Å². The summed E-state index contributed by atoms with van der Waals surface area (Å²) in [4.78, 5) is 12.5. The molecule has 0 atom stereocenters. The Kier molecular flexibility index (Phi) is 4.90. The largest absolute Gasteiger partial charge is 0.493 e. The second-order valence-corrected chi connectivity index (χ2v) is 5.86. The maximum atomic E-state index is 14.0. The van der Waals surface area contributed by atoms with Gasteiger partial charge in [-0.1, -0.05) is 23.7 Å². The fourth-order valence-electron chi connectivity index (χ4n) is 2.46. The molecule has 3 rings (SSSR count). The maximum Gasteiger partial charge on any atom is 0.263 e. The number of nitrogens with one attached hydrogen (secondary N) is 1. The van der Waals surface area contributed by atoms with Crippen LogP contribution >= 0.6 is 11.6 Å². The van der Waals surface area contributed by atoms with Crippen molar-refractivity contribution in [3.8, 4) is 11.4 Å². The zero-order valence-electron chi connectivity index (χ0n) is 13.9. The molecule has 0 spiro atoms. The summed E-state index contributed by atoms with van der Waals surface area (Å²) in [6.45, 7) is 1.72. The van der Waals surface area contributed by atoms with Gasteiger partial charge in [-0.05, 0) is 31.2 Å². The molecular weight excluding hydrogens is 364 g/mol. The Bertz CT molecular complexity index is 989. The minimum Gasteiger partial charge on any atom is -0.493 e. The zero-order chi connectivity index (χ0) is 18.8. The second kappa shape index (κ2) is 7.13. The molecule has 5 nitrogen and oxygen atoms in total. The number of aromatic nitrogens is 2. The van der Waals surface area contributed by atoms with E-state index < -0.39 is 28.9 Å². The van der Waals surface area contributed by atoms with Crippen LogP contribution in [0.3, 0.4) is 0 Å². The molecule has 0 saturated carbocycles. The molecule has 1 amide bonds. The number of para-hydroxylation sites is 1. The fourth-order valence-corrected chi connectivity index (χ4v) is 2.68. The highest BCUT2D eigenvalue weighted by Gasteiger charge is 2.23. The van der Waals surface area contributed by atoms with Gasteiger partial charge in [0, 0.05) is 11.8 Å². The molecule has 0 unspecified atom stereocenters. The number of rotatable bonds is 4. The van der Waals surface area contributed by atoms with Crippen molar-refractivity contribution in [3.63, 3.8) is 0 Å². The van der Waals surface area contributed by atoms with Crippen LogP contribution in [0.4, 0.5) is 14.6 Å². The van der Waals surface area contributed by atoms with E-state index in [1.165, 1.54) is 4.68 Å². The van der Waals surface area contributed by atoms with E-state index in [4.69, 9.17) is 16.3 Å². The number of halogens is 3. The van der Waals surface area contributed by atoms with Gasteiger partial charge in [0.2, 0.25) is 0 Å². The van der Waals surface area contributed by atoms with Crippen LogP contribution < -0.4 is 10.1 Å². The first kappa shape index (κ1) is 17.9. The van der Waals surface area contributed by atoms with E-state index in [9.17, 15) is 13.6 Å². The number of ether oxygens (including phenoxy) is 1. The molecule has 0 bridgehead atoms. The predicted molar refractivity (Wildman–Crippen MR) is 94.2 cm³/mol. The van der Waals surface area contributed by atoms with Crippen molar-refractivity contribution < 1.29 is 18.3 Å². The molecule has 0 aliphatic carbocycles. The quantitative estimate of drug-likeness (QED) is 0.734. The van der Waals surface area contributed by atoms with Crippen LogP contribution in [0, 0.1) is 18.6 Å².